The lowest BCUT2D eigenvalue weighted by atomic mass is 10.0. The van der Waals surface area contributed by atoms with Crippen LogP contribution >= 0.6 is 28.1 Å². The molecule has 2 aromatic carbocycles. The highest BCUT2D eigenvalue weighted by Gasteiger charge is 2.44. The highest BCUT2D eigenvalue weighted by Crippen LogP contribution is 2.40. The fourth-order valence-corrected chi connectivity index (χ4v) is 4.86. The van der Waals surface area contributed by atoms with Crippen LogP contribution in [0.3, 0.4) is 0 Å². The Morgan fingerprint density at radius 2 is 2.08 bits per heavy atom. The number of fused-ring (bicyclic) bond motifs is 1. The average Bonchev–Trinajstić information content (AvgIpc) is 3.17. The van der Waals surface area contributed by atoms with E-state index >= 15 is 0 Å². The highest BCUT2D eigenvalue weighted by atomic mass is 79.9. The highest BCUT2D eigenvalue weighted by molar-refractivity contribution is 9.10. The molecule has 1 N–H and O–H groups in total. The predicted molar refractivity (Wildman–Crippen MR) is 111 cm³/mol. The maximum atomic E-state index is 12.7. The standard InChI is InChI=1S/C21H21BrN2OS/c1-21(23-19(25)15-6-4-7-16(22)13-15)11-12-24(20(21)26)18-10-9-14-5-2-3-8-17(14)18/h2-8,13,18H,9-12H2,1H3,(H,23,25)/t18-,21+/m0/s1. The first kappa shape index (κ1) is 17.7. The summed E-state index contributed by atoms with van der Waals surface area (Å²) in [5, 5.41) is 3.18. The van der Waals surface area contributed by atoms with Crippen molar-refractivity contribution in [2.75, 3.05) is 6.54 Å². The molecule has 1 saturated heterocycles. The van der Waals surface area contributed by atoms with Crippen LogP contribution in [0, 0.1) is 0 Å². The molecule has 0 saturated carbocycles. The number of benzene rings is 2. The van der Waals surface area contributed by atoms with Gasteiger partial charge in [-0.25, -0.2) is 0 Å². The van der Waals surface area contributed by atoms with Crippen molar-refractivity contribution < 1.29 is 4.79 Å². The SMILES string of the molecule is C[C@@]1(NC(=O)c2cccc(Br)c2)CCN([C@H]2CCc3ccccc32)C1=S. The van der Waals surface area contributed by atoms with E-state index in [0.29, 0.717) is 11.6 Å². The number of hydrogen-bond acceptors (Lipinski definition) is 2. The van der Waals surface area contributed by atoms with E-state index in [-0.39, 0.29) is 5.91 Å². The van der Waals surface area contributed by atoms with E-state index in [4.69, 9.17) is 12.2 Å². The number of carbonyl (C=O) groups excluding carboxylic acids is 1. The third kappa shape index (κ3) is 3.08. The molecule has 2 aliphatic rings. The van der Waals surface area contributed by atoms with E-state index in [1.807, 2.05) is 31.2 Å². The molecule has 1 fully saturated rings. The number of carbonyl (C=O) groups is 1. The molecule has 0 bridgehead atoms. The van der Waals surface area contributed by atoms with E-state index in [1.165, 1.54) is 11.1 Å². The Bertz CT molecular complexity index is 884. The molecule has 1 amide bonds. The zero-order valence-corrected chi connectivity index (χ0v) is 17.1. The van der Waals surface area contributed by atoms with E-state index < -0.39 is 5.54 Å². The number of hydrogen-bond donors (Lipinski definition) is 1. The van der Waals surface area contributed by atoms with Crippen molar-refractivity contribution in [2.24, 2.45) is 0 Å². The van der Waals surface area contributed by atoms with E-state index in [9.17, 15) is 4.79 Å². The van der Waals surface area contributed by atoms with Gasteiger partial charge in [-0.1, -0.05) is 58.5 Å². The van der Waals surface area contributed by atoms with Crippen molar-refractivity contribution in [1.82, 2.24) is 10.2 Å². The van der Waals surface area contributed by atoms with Gasteiger partial charge in [0.05, 0.1) is 11.6 Å². The van der Waals surface area contributed by atoms with Gasteiger partial charge in [0.1, 0.15) is 4.99 Å². The summed E-state index contributed by atoms with van der Waals surface area (Å²) in [5.41, 5.74) is 2.98. The molecule has 5 heteroatoms. The third-order valence-corrected chi connectivity index (χ3v) is 6.72. The van der Waals surface area contributed by atoms with Gasteiger partial charge in [0.15, 0.2) is 0 Å². The number of nitrogens with one attached hydrogen (secondary N) is 1. The Balaban J connectivity index is 1.52. The van der Waals surface area contributed by atoms with Crippen LogP contribution in [0.1, 0.15) is 47.3 Å². The van der Waals surface area contributed by atoms with Crippen molar-refractivity contribution in [3.63, 3.8) is 0 Å². The van der Waals surface area contributed by atoms with Crippen molar-refractivity contribution in [2.45, 2.75) is 37.8 Å². The van der Waals surface area contributed by atoms with Gasteiger partial charge < -0.3 is 10.2 Å². The quantitative estimate of drug-likeness (QED) is 0.721. The number of nitrogens with zero attached hydrogens (tertiary/aromatic N) is 1. The lowest BCUT2D eigenvalue weighted by molar-refractivity contribution is 0.0928. The zero-order chi connectivity index (χ0) is 18.3. The van der Waals surface area contributed by atoms with E-state index in [0.717, 1.165) is 35.3 Å². The fraction of sp³-hybridized carbons (Fsp3) is 0.333. The van der Waals surface area contributed by atoms with E-state index in [2.05, 4.69) is 50.4 Å². The molecular weight excluding hydrogens is 408 g/mol. The average molecular weight is 429 g/mol. The Hall–Kier alpha value is -1.72. The molecular formula is C21H21BrN2OS. The molecule has 2 aromatic rings. The second-order valence-corrected chi connectivity index (χ2v) is 8.60. The van der Waals surface area contributed by atoms with Crippen LogP contribution in [0.15, 0.2) is 53.0 Å². The van der Waals surface area contributed by atoms with Crippen LogP contribution < -0.4 is 5.32 Å². The van der Waals surface area contributed by atoms with Crippen molar-refractivity contribution >= 4 is 39.0 Å². The van der Waals surface area contributed by atoms with Crippen LogP contribution in [0.4, 0.5) is 0 Å². The number of amides is 1. The Morgan fingerprint density at radius 1 is 1.27 bits per heavy atom. The number of likely N-dealkylation sites (tertiary alicyclic amines) is 1. The van der Waals surface area contributed by atoms with Gasteiger partial charge in [-0.3, -0.25) is 4.79 Å². The smallest absolute Gasteiger partial charge is 0.252 e. The van der Waals surface area contributed by atoms with Crippen molar-refractivity contribution in [3.05, 3.63) is 69.7 Å². The maximum absolute atomic E-state index is 12.7. The zero-order valence-electron chi connectivity index (χ0n) is 14.7. The van der Waals surface area contributed by atoms with Crippen LogP contribution in [-0.4, -0.2) is 27.9 Å². The molecule has 2 atom stereocenters. The molecule has 0 radical (unpaired) electrons. The lowest BCUT2D eigenvalue weighted by Crippen LogP contribution is -2.51. The molecule has 0 spiro atoms. The Kier molecular flexibility index (Phi) is 4.61. The minimum atomic E-state index is -0.480. The number of thiocarbonyl (C=S) groups is 1. The molecule has 0 aromatic heterocycles. The molecule has 0 unspecified atom stereocenters. The summed E-state index contributed by atoms with van der Waals surface area (Å²) in [6.07, 6.45) is 3.03. The topological polar surface area (TPSA) is 32.3 Å². The number of aryl methyl sites for hydroxylation is 1. The molecule has 1 aliphatic carbocycles. The van der Waals surface area contributed by atoms with Gasteiger partial charge in [0.25, 0.3) is 5.91 Å². The second kappa shape index (κ2) is 6.78. The molecule has 26 heavy (non-hydrogen) atoms. The first-order chi connectivity index (χ1) is 12.5. The number of rotatable bonds is 3. The maximum Gasteiger partial charge on any atom is 0.252 e. The van der Waals surface area contributed by atoms with Crippen LogP contribution in [0.2, 0.25) is 0 Å². The molecule has 1 aliphatic heterocycles. The lowest BCUT2D eigenvalue weighted by Gasteiger charge is -2.31. The molecule has 134 valence electrons. The minimum Gasteiger partial charge on any atom is -0.357 e. The van der Waals surface area contributed by atoms with Crippen LogP contribution in [0.5, 0.6) is 0 Å². The summed E-state index contributed by atoms with van der Waals surface area (Å²) < 4.78 is 0.897. The minimum absolute atomic E-state index is 0.0789. The normalized spacial score (nSPS) is 24.6. The van der Waals surface area contributed by atoms with Gasteiger partial charge in [0.2, 0.25) is 0 Å². The summed E-state index contributed by atoms with van der Waals surface area (Å²) in [7, 11) is 0. The van der Waals surface area contributed by atoms with Gasteiger partial charge in [-0.2, -0.15) is 0 Å². The third-order valence-electron chi connectivity index (χ3n) is 5.54. The van der Waals surface area contributed by atoms with Crippen molar-refractivity contribution in [1.29, 1.82) is 0 Å². The summed E-state index contributed by atoms with van der Waals surface area (Å²) in [5.74, 6) is -0.0789. The summed E-state index contributed by atoms with van der Waals surface area (Å²) in [4.78, 5) is 15.9. The molecule has 3 nitrogen and oxygen atoms in total. The first-order valence-corrected chi connectivity index (χ1v) is 10.1. The fourth-order valence-electron chi connectivity index (χ4n) is 4.09. The van der Waals surface area contributed by atoms with Gasteiger partial charge >= 0.3 is 0 Å². The monoisotopic (exact) mass is 428 g/mol. The number of halogens is 1. The van der Waals surface area contributed by atoms with Gasteiger partial charge in [-0.05, 0) is 55.5 Å². The van der Waals surface area contributed by atoms with Gasteiger partial charge in [0, 0.05) is 16.6 Å². The van der Waals surface area contributed by atoms with Crippen molar-refractivity contribution in [3.8, 4) is 0 Å². The summed E-state index contributed by atoms with van der Waals surface area (Å²) >= 11 is 9.26. The predicted octanol–water partition coefficient (Wildman–Crippen LogP) is 4.66. The summed E-state index contributed by atoms with van der Waals surface area (Å²) in [6.45, 7) is 2.93. The van der Waals surface area contributed by atoms with E-state index in [1.54, 1.807) is 0 Å². The second-order valence-electron chi connectivity index (χ2n) is 7.30. The van der Waals surface area contributed by atoms with Gasteiger partial charge in [-0.15, -0.1) is 0 Å². The first-order valence-electron chi connectivity index (χ1n) is 8.95. The molecule has 4 rings (SSSR count). The largest absolute Gasteiger partial charge is 0.357 e. The van der Waals surface area contributed by atoms with Crippen LogP contribution in [-0.2, 0) is 6.42 Å². The Labute approximate surface area is 167 Å². The molecule has 1 heterocycles. The van der Waals surface area contributed by atoms with Crippen LogP contribution in [0.25, 0.3) is 0 Å². The Morgan fingerprint density at radius 3 is 2.88 bits per heavy atom. The summed E-state index contributed by atoms with van der Waals surface area (Å²) in [6, 6.07) is 16.4.